The van der Waals surface area contributed by atoms with Gasteiger partial charge in [-0.1, -0.05) is 6.07 Å². The molecule has 1 atom stereocenters. The molecule has 0 spiro atoms. The maximum atomic E-state index is 12.7. The number of nitrogens with zero attached hydrogens (tertiary/aromatic N) is 5. The van der Waals surface area contributed by atoms with Gasteiger partial charge in [-0.15, -0.1) is 0 Å². The molecule has 1 unspecified atom stereocenters. The molecule has 0 bridgehead atoms. The van der Waals surface area contributed by atoms with Crippen molar-refractivity contribution in [1.29, 1.82) is 0 Å². The summed E-state index contributed by atoms with van der Waals surface area (Å²) in [6.07, 6.45) is 9.24. The van der Waals surface area contributed by atoms with Gasteiger partial charge in [-0.05, 0) is 24.5 Å². The molecule has 0 saturated carbocycles. The lowest BCUT2D eigenvalue weighted by Gasteiger charge is -2.38. The fraction of sp³-hybridized carbons (Fsp3) is 0.471. The number of aromatic nitrogens is 3. The van der Waals surface area contributed by atoms with E-state index in [-0.39, 0.29) is 18.5 Å². The Balaban J connectivity index is 1.77. The topological polar surface area (TPSA) is 88.4 Å². The highest BCUT2D eigenvalue weighted by atomic mass is 32.2. The van der Waals surface area contributed by atoms with Gasteiger partial charge >= 0.3 is 0 Å². The Morgan fingerprint density at radius 3 is 2.81 bits per heavy atom. The first-order valence-electron chi connectivity index (χ1n) is 8.48. The summed E-state index contributed by atoms with van der Waals surface area (Å²) in [5.41, 5.74) is 1.35. The molecular formula is C17H23N5O3S. The number of carbonyl (C=O) groups is 1. The van der Waals surface area contributed by atoms with E-state index in [1.807, 2.05) is 6.07 Å². The van der Waals surface area contributed by atoms with E-state index in [4.69, 9.17) is 0 Å². The van der Waals surface area contributed by atoms with Crippen LogP contribution in [0.2, 0.25) is 0 Å². The zero-order valence-corrected chi connectivity index (χ0v) is 15.8. The molecule has 0 aromatic carbocycles. The van der Waals surface area contributed by atoms with Crippen LogP contribution in [0.15, 0.2) is 36.9 Å². The van der Waals surface area contributed by atoms with Crippen LogP contribution in [-0.4, -0.2) is 63.7 Å². The third-order valence-corrected chi connectivity index (χ3v) is 5.81. The Labute approximate surface area is 153 Å². The summed E-state index contributed by atoms with van der Waals surface area (Å²) in [7, 11) is -1.66. The van der Waals surface area contributed by atoms with Gasteiger partial charge in [0.25, 0.3) is 5.91 Å². The normalized spacial score (nSPS) is 18.3. The van der Waals surface area contributed by atoms with Crippen molar-refractivity contribution < 1.29 is 13.2 Å². The molecule has 9 heteroatoms. The first kappa shape index (κ1) is 18.5. The van der Waals surface area contributed by atoms with Crippen LogP contribution >= 0.6 is 0 Å². The summed E-state index contributed by atoms with van der Waals surface area (Å²) >= 11 is 0. The highest BCUT2D eigenvalue weighted by Gasteiger charge is 2.33. The SMILES string of the molecule is Cn1cc(C(=O)N2CCCC(N(Cc3cccnc3)S(C)(=O)=O)C2)cn1. The minimum Gasteiger partial charge on any atom is -0.337 e. The highest BCUT2D eigenvalue weighted by Crippen LogP contribution is 2.22. The maximum absolute atomic E-state index is 12.7. The lowest BCUT2D eigenvalue weighted by molar-refractivity contribution is 0.0650. The number of amides is 1. The number of sulfonamides is 1. The van der Waals surface area contributed by atoms with Gasteiger partial charge in [-0.3, -0.25) is 14.5 Å². The monoisotopic (exact) mass is 377 g/mol. The number of pyridine rings is 1. The molecule has 1 aliphatic rings. The predicted molar refractivity (Wildman–Crippen MR) is 96.8 cm³/mol. The highest BCUT2D eigenvalue weighted by molar-refractivity contribution is 7.88. The molecule has 0 N–H and O–H groups in total. The first-order chi connectivity index (χ1) is 12.3. The molecule has 26 heavy (non-hydrogen) atoms. The van der Waals surface area contributed by atoms with Gasteiger partial charge in [0, 0.05) is 51.3 Å². The molecule has 3 rings (SSSR count). The molecule has 1 fully saturated rings. The van der Waals surface area contributed by atoms with Crippen molar-refractivity contribution in [2.24, 2.45) is 7.05 Å². The van der Waals surface area contributed by atoms with Crippen LogP contribution in [0, 0.1) is 0 Å². The fourth-order valence-corrected chi connectivity index (χ4v) is 4.37. The van der Waals surface area contributed by atoms with E-state index in [0.717, 1.165) is 18.4 Å². The molecule has 1 amide bonds. The van der Waals surface area contributed by atoms with E-state index in [2.05, 4.69) is 10.1 Å². The van der Waals surface area contributed by atoms with Crippen molar-refractivity contribution in [1.82, 2.24) is 24.0 Å². The van der Waals surface area contributed by atoms with Crippen molar-refractivity contribution in [3.8, 4) is 0 Å². The second-order valence-electron chi connectivity index (χ2n) is 6.62. The zero-order valence-electron chi connectivity index (χ0n) is 14.9. The molecule has 0 radical (unpaired) electrons. The van der Waals surface area contributed by atoms with Gasteiger partial charge in [0.15, 0.2) is 0 Å². The largest absolute Gasteiger partial charge is 0.337 e. The lowest BCUT2D eigenvalue weighted by atomic mass is 10.0. The van der Waals surface area contributed by atoms with Crippen molar-refractivity contribution in [3.05, 3.63) is 48.0 Å². The Bertz CT molecular complexity index is 866. The van der Waals surface area contributed by atoms with E-state index in [1.54, 1.807) is 41.3 Å². The minimum atomic E-state index is -3.42. The van der Waals surface area contributed by atoms with Gasteiger partial charge in [0.2, 0.25) is 10.0 Å². The second kappa shape index (κ2) is 7.55. The predicted octanol–water partition coefficient (Wildman–Crippen LogP) is 0.881. The van der Waals surface area contributed by atoms with E-state index in [0.29, 0.717) is 18.7 Å². The standard InChI is InChI=1S/C17H23N5O3S/c1-20-12-15(10-19-20)17(23)21-8-4-6-16(13-21)22(26(2,24)25)11-14-5-3-7-18-9-14/h3,5,7,9-10,12,16H,4,6,8,11,13H2,1-2H3. The molecule has 2 aromatic rings. The quantitative estimate of drug-likeness (QED) is 0.772. The van der Waals surface area contributed by atoms with Crippen LogP contribution in [0.4, 0.5) is 0 Å². The zero-order chi connectivity index (χ0) is 18.7. The number of carbonyl (C=O) groups excluding carboxylic acids is 1. The summed E-state index contributed by atoms with van der Waals surface area (Å²) in [6, 6.07) is 3.39. The van der Waals surface area contributed by atoms with Crippen molar-refractivity contribution >= 4 is 15.9 Å². The van der Waals surface area contributed by atoms with Crippen LogP contribution in [0.3, 0.4) is 0 Å². The van der Waals surface area contributed by atoms with Crippen LogP contribution in [-0.2, 0) is 23.6 Å². The Hall–Kier alpha value is -2.26. The van der Waals surface area contributed by atoms with E-state index in [9.17, 15) is 13.2 Å². The summed E-state index contributed by atoms with van der Waals surface area (Å²) in [5.74, 6) is -0.113. The number of hydrogen-bond donors (Lipinski definition) is 0. The summed E-state index contributed by atoms with van der Waals surface area (Å²) in [4.78, 5) is 18.5. The second-order valence-corrected chi connectivity index (χ2v) is 8.55. The number of piperidine rings is 1. The smallest absolute Gasteiger partial charge is 0.257 e. The Kier molecular flexibility index (Phi) is 5.38. The molecule has 140 valence electrons. The molecule has 1 aliphatic heterocycles. The summed E-state index contributed by atoms with van der Waals surface area (Å²) in [6.45, 7) is 1.25. The number of likely N-dealkylation sites (tertiary alicyclic amines) is 1. The molecule has 1 saturated heterocycles. The maximum Gasteiger partial charge on any atom is 0.257 e. The molecule has 0 aliphatic carbocycles. The lowest BCUT2D eigenvalue weighted by Crippen LogP contribution is -2.51. The molecular weight excluding hydrogens is 354 g/mol. The average Bonchev–Trinajstić information content (AvgIpc) is 3.05. The number of rotatable bonds is 5. The Morgan fingerprint density at radius 2 is 2.19 bits per heavy atom. The van der Waals surface area contributed by atoms with Crippen LogP contribution in [0.1, 0.15) is 28.8 Å². The number of hydrogen-bond acceptors (Lipinski definition) is 5. The van der Waals surface area contributed by atoms with Crippen molar-refractivity contribution in [2.75, 3.05) is 19.3 Å². The van der Waals surface area contributed by atoms with Crippen molar-refractivity contribution in [2.45, 2.75) is 25.4 Å². The van der Waals surface area contributed by atoms with Crippen molar-refractivity contribution in [3.63, 3.8) is 0 Å². The first-order valence-corrected chi connectivity index (χ1v) is 10.3. The average molecular weight is 377 g/mol. The van der Waals surface area contributed by atoms with Crippen LogP contribution in [0.5, 0.6) is 0 Å². The van der Waals surface area contributed by atoms with E-state index in [1.165, 1.54) is 16.8 Å². The Morgan fingerprint density at radius 1 is 1.38 bits per heavy atom. The van der Waals surface area contributed by atoms with Gasteiger partial charge in [0.1, 0.15) is 0 Å². The third-order valence-electron chi connectivity index (χ3n) is 4.53. The molecule has 2 aromatic heterocycles. The summed E-state index contributed by atoms with van der Waals surface area (Å²) < 4.78 is 27.8. The van der Waals surface area contributed by atoms with Gasteiger partial charge < -0.3 is 4.90 Å². The van der Waals surface area contributed by atoms with E-state index < -0.39 is 10.0 Å². The van der Waals surface area contributed by atoms with Crippen LogP contribution in [0.25, 0.3) is 0 Å². The van der Waals surface area contributed by atoms with Gasteiger partial charge in [-0.25, -0.2) is 8.42 Å². The van der Waals surface area contributed by atoms with E-state index >= 15 is 0 Å². The van der Waals surface area contributed by atoms with Gasteiger partial charge in [0.05, 0.1) is 18.0 Å². The third kappa shape index (κ3) is 4.28. The number of aryl methyl sites for hydroxylation is 1. The molecule has 8 nitrogen and oxygen atoms in total. The fourth-order valence-electron chi connectivity index (χ4n) is 3.28. The minimum absolute atomic E-state index is 0.113. The van der Waals surface area contributed by atoms with Gasteiger partial charge in [-0.2, -0.15) is 9.40 Å². The van der Waals surface area contributed by atoms with Crippen LogP contribution < -0.4 is 0 Å². The molecule has 3 heterocycles. The summed E-state index contributed by atoms with van der Waals surface area (Å²) in [5, 5.41) is 4.04.